The summed E-state index contributed by atoms with van der Waals surface area (Å²) in [4.78, 5) is 8.95. The largest absolute Gasteiger partial charge is 0.350 e. The zero-order valence-electron chi connectivity index (χ0n) is 14.5. The first kappa shape index (κ1) is 17.1. The molecule has 0 radical (unpaired) electrons. The molecule has 1 fully saturated rings. The van der Waals surface area contributed by atoms with Crippen molar-refractivity contribution in [2.45, 2.75) is 37.8 Å². The van der Waals surface area contributed by atoms with Crippen LogP contribution in [-0.4, -0.2) is 22.1 Å². The van der Waals surface area contributed by atoms with E-state index in [9.17, 15) is 0 Å². The smallest absolute Gasteiger partial charge is 0.224 e. The highest BCUT2D eigenvalue weighted by Gasteiger charge is 2.22. The highest BCUT2D eigenvalue weighted by Crippen LogP contribution is 2.31. The van der Waals surface area contributed by atoms with Crippen LogP contribution in [0.5, 0.6) is 0 Å². The van der Waals surface area contributed by atoms with Gasteiger partial charge in [-0.05, 0) is 31.0 Å². The minimum atomic E-state index is 0.157. The SMILES string of the molecule is N[C@H]1CCCC[C@H]1Nc1nccc(Nc2ccc(Cl)c3ccccc23)n1. The van der Waals surface area contributed by atoms with Gasteiger partial charge in [0.1, 0.15) is 5.82 Å². The van der Waals surface area contributed by atoms with Gasteiger partial charge >= 0.3 is 0 Å². The molecule has 2 aromatic carbocycles. The number of aromatic nitrogens is 2. The average Bonchev–Trinajstić information content (AvgIpc) is 2.67. The van der Waals surface area contributed by atoms with Crippen LogP contribution in [0, 0.1) is 0 Å². The van der Waals surface area contributed by atoms with Crippen LogP contribution >= 0.6 is 11.6 Å². The number of benzene rings is 2. The second kappa shape index (κ2) is 7.48. The highest BCUT2D eigenvalue weighted by molar-refractivity contribution is 6.36. The average molecular weight is 368 g/mol. The number of nitrogens with zero attached hydrogens (tertiary/aromatic N) is 2. The third-order valence-electron chi connectivity index (χ3n) is 4.92. The quantitative estimate of drug-likeness (QED) is 0.622. The van der Waals surface area contributed by atoms with E-state index in [1.807, 2.05) is 42.5 Å². The Kier molecular flexibility index (Phi) is 4.91. The number of fused-ring (bicyclic) bond motifs is 1. The first-order valence-corrected chi connectivity index (χ1v) is 9.38. The first-order chi connectivity index (χ1) is 12.7. The van der Waals surface area contributed by atoms with Gasteiger partial charge < -0.3 is 16.4 Å². The van der Waals surface area contributed by atoms with E-state index in [0.29, 0.717) is 5.95 Å². The van der Waals surface area contributed by atoms with Crippen molar-refractivity contribution >= 4 is 39.8 Å². The Labute approximate surface area is 158 Å². The lowest BCUT2D eigenvalue weighted by molar-refractivity contribution is 0.402. The third kappa shape index (κ3) is 3.59. The van der Waals surface area contributed by atoms with E-state index in [1.165, 1.54) is 12.8 Å². The summed E-state index contributed by atoms with van der Waals surface area (Å²) in [6.45, 7) is 0. The Balaban J connectivity index is 1.57. The number of nitrogens with two attached hydrogens (primary N) is 1. The van der Waals surface area contributed by atoms with Gasteiger partial charge in [0, 0.05) is 39.8 Å². The first-order valence-electron chi connectivity index (χ1n) is 9.00. The van der Waals surface area contributed by atoms with Crippen LogP contribution in [0.15, 0.2) is 48.7 Å². The molecular formula is C20H22ClN5. The lowest BCUT2D eigenvalue weighted by Crippen LogP contribution is -2.42. The molecule has 1 saturated carbocycles. The second-order valence-corrected chi connectivity index (χ2v) is 7.14. The molecule has 4 N–H and O–H groups in total. The summed E-state index contributed by atoms with van der Waals surface area (Å²) in [6.07, 6.45) is 6.26. The molecule has 1 heterocycles. The molecule has 134 valence electrons. The van der Waals surface area contributed by atoms with E-state index < -0.39 is 0 Å². The predicted octanol–water partition coefficient (Wildman–Crippen LogP) is 4.71. The maximum Gasteiger partial charge on any atom is 0.224 e. The van der Waals surface area contributed by atoms with Gasteiger partial charge in [-0.1, -0.05) is 48.7 Å². The Hall–Kier alpha value is -2.37. The molecule has 3 aromatic rings. The van der Waals surface area contributed by atoms with Crippen LogP contribution in [0.4, 0.5) is 17.5 Å². The van der Waals surface area contributed by atoms with Gasteiger partial charge in [0.25, 0.3) is 0 Å². The zero-order valence-corrected chi connectivity index (χ0v) is 15.2. The standard InChI is InChI=1S/C20H22ClN5/c21-15-9-10-17(14-6-2-1-5-13(14)15)24-19-11-12-23-20(26-19)25-18-8-4-3-7-16(18)22/h1-2,5-6,9-12,16,18H,3-4,7-8,22H2,(H2,23,24,25,26)/t16-,18+/m0/s1. The van der Waals surface area contributed by atoms with Gasteiger partial charge in [-0.2, -0.15) is 4.98 Å². The summed E-state index contributed by atoms with van der Waals surface area (Å²) in [5.74, 6) is 1.34. The van der Waals surface area contributed by atoms with E-state index in [-0.39, 0.29) is 12.1 Å². The molecular weight excluding hydrogens is 346 g/mol. The number of anilines is 3. The van der Waals surface area contributed by atoms with Gasteiger partial charge in [-0.25, -0.2) is 4.98 Å². The molecule has 0 saturated heterocycles. The Morgan fingerprint density at radius 1 is 1.00 bits per heavy atom. The van der Waals surface area contributed by atoms with Gasteiger partial charge in [0.2, 0.25) is 5.95 Å². The van der Waals surface area contributed by atoms with Crippen molar-refractivity contribution in [1.29, 1.82) is 0 Å². The normalized spacial score (nSPS) is 20.1. The van der Waals surface area contributed by atoms with E-state index >= 15 is 0 Å². The molecule has 6 heteroatoms. The molecule has 1 aliphatic rings. The molecule has 0 unspecified atom stereocenters. The monoisotopic (exact) mass is 367 g/mol. The van der Waals surface area contributed by atoms with Crippen molar-refractivity contribution in [2.24, 2.45) is 5.73 Å². The molecule has 0 aliphatic heterocycles. The van der Waals surface area contributed by atoms with Crippen molar-refractivity contribution in [3.63, 3.8) is 0 Å². The van der Waals surface area contributed by atoms with Crippen LogP contribution in [-0.2, 0) is 0 Å². The number of halogens is 1. The van der Waals surface area contributed by atoms with Crippen LogP contribution in [0.25, 0.3) is 10.8 Å². The van der Waals surface area contributed by atoms with Crippen LogP contribution in [0.1, 0.15) is 25.7 Å². The predicted molar refractivity (Wildman–Crippen MR) is 108 cm³/mol. The fourth-order valence-electron chi connectivity index (χ4n) is 3.51. The maximum absolute atomic E-state index is 6.30. The van der Waals surface area contributed by atoms with Crippen molar-refractivity contribution in [3.8, 4) is 0 Å². The van der Waals surface area contributed by atoms with Crippen molar-refractivity contribution in [2.75, 3.05) is 10.6 Å². The van der Waals surface area contributed by atoms with Crippen LogP contribution in [0.3, 0.4) is 0 Å². The van der Waals surface area contributed by atoms with E-state index in [1.54, 1.807) is 6.20 Å². The lowest BCUT2D eigenvalue weighted by Gasteiger charge is -2.29. The summed E-state index contributed by atoms with van der Waals surface area (Å²) in [6, 6.07) is 14.2. The van der Waals surface area contributed by atoms with Crippen molar-refractivity contribution in [3.05, 3.63) is 53.7 Å². The summed E-state index contributed by atoms with van der Waals surface area (Å²) >= 11 is 6.30. The van der Waals surface area contributed by atoms with Gasteiger partial charge in [0.15, 0.2) is 0 Å². The number of rotatable bonds is 4. The van der Waals surface area contributed by atoms with E-state index in [4.69, 9.17) is 17.3 Å². The molecule has 4 rings (SSSR count). The molecule has 0 spiro atoms. The summed E-state index contributed by atoms with van der Waals surface area (Å²) < 4.78 is 0. The van der Waals surface area contributed by atoms with Crippen LogP contribution in [0.2, 0.25) is 5.02 Å². The summed E-state index contributed by atoms with van der Waals surface area (Å²) in [7, 11) is 0. The molecule has 0 bridgehead atoms. The minimum Gasteiger partial charge on any atom is -0.350 e. The zero-order chi connectivity index (χ0) is 17.9. The highest BCUT2D eigenvalue weighted by atomic mass is 35.5. The van der Waals surface area contributed by atoms with Gasteiger partial charge in [0.05, 0.1) is 0 Å². The summed E-state index contributed by atoms with van der Waals surface area (Å²) in [5, 5.41) is 9.59. The third-order valence-corrected chi connectivity index (χ3v) is 5.25. The van der Waals surface area contributed by atoms with Crippen molar-refractivity contribution < 1.29 is 0 Å². The topological polar surface area (TPSA) is 75.9 Å². The lowest BCUT2D eigenvalue weighted by atomic mass is 9.91. The second-order valence-electron chi connectivity index (χ2n) is 6.73. The number of nitrogens with one attached hydrogen (secondary N) is 2. The number of hydrogen-bond donors (Lipinski definition) is 3. The van der Waals surface area contributed by atoms with Gasteiger partial charge in [-0.3, -0.25) is 0 Å². The number of hydrogen-bond acceptors (Lipinski definition) is 5. The molecule has 0 amide bonds. The maximum atomic E-state index is 6.30. The molecule has 26 heavy (non-hydrogen) atoms. The van der Waals surface area contributed by atoms with Gasteiger partial charge in [-0.15, -0.1) is 0 Å². The Bertz CT molecular complexity index is 914. The molecule has 1 aromatic heterocycles. The van der Waals surface area contributed by atoms with Crippen LogP contribution < -0.4 is 16.4 Å². The molecule has 5 nitrogen and oxygen atoms in total. The fraction of sp³-hybridized carbons (Fsp3) is 0.300. The minimum absolute atomic E-state index is 0.157. The molecule has 1 aliphatic carbocycles. The summed E-state index contributed by atoms with van der Waals surface area (Å²) in [5.41, 5.74) is 7.18. The van der Waals surface area contributed by atoms with Crippen molar-refractivity contribution in [1.82, 2.24) is 9.97 Å². The van der Waals surface area contributed by atoms with E-state index in [2.05, 4.69) is 20.6 Å². The Morgan fingerprint density at radius 2 is 1.81 bits per heavy atom. The van der Waals surface area contributed by atoms with E-state index in [0.717, 1.165) is 40.1 Å². The Morgan fingerprint density at radius 3 is 2.65 bits per heavy atom. The fourth-order valence-corrected chi connectivity index (χ4v) is 3.74. The molecule has 2 atom stereocenters.